The van der Waals surface area contributed by atoms with Crippen LogP contribution in [-0.2, 0) is 36.0 Å². The van der Waals surface area contributed by atoms with Gasteiger partial charge in [-0.2, -0.15) is 0 Å². The van der Waals surface area contributed by atoms with E-state index in [0.717, 1.165) is 0 Å². The van der Waals surface area contributed by atoms with Crippen LogP contribution in [0.1, 0.15) is 116 Å². The second-order valence-corrected chi connectivity index (χ2v) is 15.0. The molecule has 0 atom stereocenters. The molecular weight excluding hydrogens is 500 g/mol. The number of hydrogen-bond donors (Lipinski definition) is 2. The lowest BCUT2D eigenvalue weighted by molar-refractivity contribution is -0.115. The zero-order chi connectivity index (χ0) is 30.7. The fourth-order valence-corrected chi connectivity index (χ4v) is 5.16. The van der Waals surface area contributed by atoms with E-state index in [1.54, 1.807) is 12.1 Å². The van der Waals surface area contributed by atoms with Crippen molar-refractivity contribution in [2.75, 3.05) is 7.11 Å². The summed E-state index contributed by atoms with van der Waals surface area (Å²) in [4.78, 5) is 27.9. The van der Waals surface area contributed by atoms with E-state index in [4.69, 9.17) is 4.74 Å². The number of phenols is 2. The van der Waals surface area contributed by atoms with Crippen LogP contribution in [0.2, 0.25) is 0 Å². The van der Waals surface area contributed by atoms with Gasteiger partial charge in [-0.25, -0.2) is 0 Å². The van der Waals surface area contributed by atoms with Crippen molar-refractivity contribution in [3.8, 4) is 11.5 Å². The summed E-state index contributed by atoms with van der Waals surface area (Å²) in [6.07, 6.45) is 1.34. The van der Waals surface area contributed by atoms with Crippen LogP contribution in [0, 0.1) is 0 Å². The van der Waals surface area contributed by atoms with Gasteiger partial charge in [-0.15, -0.1) is 0 Å². The molecule has 5 nitrogen and oxygen atoms in total. The molecule has 0 unspecified atom stereocenters. The van der Waals surface area contributed by atoms with Crippen LogP contribution in [-0.4, -0.2) is 28.9 Å². The smallest absolute Gasteiger partial charge is 0.221 e. The van der Waals surface area contributed by atoms with E-state index in [-0.39, 0.29) is 34.2 Å². The number of rotatable bonds is 3. The molecule has 0 spiro atoms. The van der Waals surface area contributed by atoms with Gasteiger partial charge in [-0.1, -0.05) is 83.1 Å². The van der Waals surface area contributed by atoms with Crippen molar-refractivity contribution in [3.05, 3.63) is 69.5 Å². The van der Waals surface area contributed by atoms with Crippen molar-refractivity contribution in [1.82, 2.24) is 0 Å². The standard InChI is InChI=1S/C35H46O5/c1-32(2,3)22-14-19(15-23(29(22)38)33(4,5)6)21-18-26(36)31(40-13)27(28(21)37)20-16-24(34(7,8)9)30(39)25(17-20)35(10,11)12/h14-18,38-39H,1-13H3. The number of benzene rings is 2. The third kappa shape index (κ3) is 5.75. The molecule has 0 amide bonds. The van der Waals surface area contributed by atoms with E-state index in [1.165, 1.54) is 13.2 Å². The molecule has 40 heavy (non-hydrogen) atoms. The van der Waals surface area contributed by atoms with Crippen molar-refractivity contribution in [1.29, 1.82) is 0 Å². The van der Waals surface area contributed by atoms with E-state index in [9.17, 15) is 19.8 Å². The van der Waals surface area contributed by atoms with Gasteiger partial charge in [0.1, 0.15) is 11.5 Å². The fraction of sp³-hybridized carbons (Fsp3) is 0.486. The third-order valence-corrected chi connectivity index (χ3v) is 7.45. The first-order valence-electron chi connectivity index (χ1n) is 13.9. The maximum atomic E-state index is 14.4. The Morgan fingerprint density at radius 1 is 0.575 bits per heavy atom. The van der Waals surface area contributed by atoms with Crippen LogP contribution in [0.25, 0.3) is 11.1 Å². The first-order valence-corrected chi connectivity index (χ1v) is 13.9. The van der Waals surface area contributed by atoms with Gasteiger partial charge in [0.15, 0.2) is 11.5 Å². The number of carbonyl (C=O) groups excluding carboxylic acids is 2. The van der Waals surface area contributed by atoms with E-state index in [1.807, 2.05) is 95.2 Å². The summed E-state index contributed by atoms with van der Waals surface area (Å²) in [5.41, 5.74) is 2.64. The average Bonchev–Trinajstić information content (AvgIpc) is 2.77. The lowest BCUT2D eigenvalue weighted by Crippen LogP contribution is -2.23. The third-order valence-electron chi connectivity index (χ3n) is 7.45. The molecule has 0 saturated heterocycles. The number of allylic oxidation sites excluding steroid dienone is 3. The predicted molar refractivity (Wildman–Crippen MR) is 163 cm³/mol. The van der Waals surface area contributed by atoms with Gasteiger partial charge in [0.05, 0.1) is 12.7 Å². The Morgan fingerprint density at radius 3 is 1.20 bits per heavy atom. The highest BCUT2D eigenvalue weighted by atomic mass is 16.5. The molecule has 2 N–H and O–H groups in total. The number of ketones is 2. The fourth-order valence-electron chi connectivity index (χ4n) is 5.16. The number of phenolic OH excluding ortho intramolecular Hbond substituents is 2. The highest BCUT2D eigenvalue weighted by molar-refractivity contribution is 6.49. The van der Waals surface area contributed by atoms with E-state index in [2.05, 4.69) is 0 Å². The number of hydrogen-bond acceptors (Lipinski definition) is 5. The Kier molecular flexibility index (Phi) is 7.75. The Labute approximate surface area is 240 Å². The number of Topliss-reactive ketones (excluding diaryl/α,β-unsaturated/α-hetero) is 1. The maximum Gasteiger partial charge on any atom is 0.221 e. The zero-order valence-corrected chi connectivity index (χ0v) is 26.5. The second-order valence-electron chi connectivity index (χ2n) is 15.0. The molecule has 216 valence electrons. The van der Waals surface area contributed by atoms with Crippen molar-refractivity contribution in [2.45, 2.75) is 105 Å². The first kappa shape index (κ1) is 31.2. The van der Waals surface area contributed by atoms with Crippen LogP contribution in [0.3, 0.4) is 0 Å². The van der Waals surface area contributed by atoms with E-state index >= 15 is 0 Å². The molecule has 3 rings (SSSR count). The first-order chi connectivity index (χ1) is 18.0. The van der Waals surface area contributed by atoms with Gasteiger partial charge in [0.2, 0.25) is 5.78 Å². The van der Waals surface area contributed by atoms with Crippen LogP contribution >= 0.6 is 0 Å². The molecule has 0 aliphatic heterocycles. The molecule has 0 fully saturated rings. The largest absolute Gasteiger partial charge is 0.507 e. The minimum Gasteiger partial charge on any atom is -0.507 e. The summed E-state index contributed by atoms with van der Waals surface area (Å²) in [6.45, 7) is 24.1. The molecule has 1 aliphatic rings. The zero-order valence-electron chi connectivity index (χ0n) is 26.5. The topological polar surface area (TPSA) is 83.8 Å². The molecule has 0 heterocycles. The highest BCUT2D eigenvalue weighted by Gasteiger charge is 2.36. The van der Waals surface area contributed by atoms with Gasteiger partial charge in [0, 0.05) is 33.9 Å². The highest BCUT2D eigenvalue weighted by Crippen LogP contribution is 2.45. The Bertz CT molecular complexity index is 1370. The average molecular weight is 547 g/mol. The summed E-state index contributed by atoms with van der Waals surface area (Å²) in [6, 6.07) is 7.22. The Morgan fingerprint density at radius 2 is 0.900 bits per heavy atom. The maximum absolute atomic E-state index is 14.4. The van der Waals surface area contributed by atoms with Crippen molar-refractivity contribution in [3.63, 3.8) is 0 Å². The summed E-state index contributed by atoms with van der Waals surface area (Å²) >= 11 is 0. The van der Waals surface area contributed by atoms with Crippen LogP contribution in [0.15, 0.2) is 36.1 Å². The molecule has 1 aliphatic carbocycles. The second kappa shape index (κ2) is 9.94. The quantitative estimate of drug-likeness (QED) is 0.383. The molecule has 0 bridgehead atoms. The lowest BCUT2D eigenvalue weighted by atomic mass is 9.75. The van der Waals surface area contributed by atoms with Gasteiger partial charge < -0.3 is 14.9 Å². The molecule has 0 radical (unpaired) electrons. The van der Waals surface area contributed by atoms with E-state index < -0.39 is 27.4 Å². The number of carbonyl (C=O) groups is 2. The van der Waals surface area contributed by atoms with Gasteiger partial charge in [-0.3, -0.25) is 9.59 Å². The van der Waals surface area contributed by atoms with Crippen LogP contribution < -0.4 is 0 Å². The summed E-state index contributed by atoms with van der Waals surface area (Å²) < 4.78 is 5.54. The lowest BCUT2D eigenvalue weighted by Gasteiger charge is -2.30. The minimum atomic E-state index is -0.422. The van der Waals surface area contributed by atoms with Crippen molar-refractivity contribution >= 4 is 22.7 Å². The SMILES string of the molecule is COC1=C(c2cc(C(C)(C)C)c(O)c(C(C)(C)C)c2)C(=O)C(c2cc(C(C)(C)C)c(O)c(C(C)(C)C)c2)=CC1=O. The summed E-state index contributed by atoms with van der Waals surface area (Å²) in [5.74, 6) is -0.373. The normalized spacial score (nSPS) is 15.5. The molecule has 2 aromatic rings. The Hall–Kier alpha value is -3.34. The van der Waals surface area contributed by atoms with Gasteiger partial charge in [0.25, 0.3) is 0 Å². The monoisotopic (exact) mass is 546 g/mol. The van der Waals surface area contributed by atoms with Crippen molar-refractivity contribution < 1.29 is 24.5 Å². The van der Waals surface area contributed by atoms with Gasteiger partial charge >= 0.3 is 0 Å². The number of aromatic hydroxyl groups is 2. The summed E-state index contributed by atoms with van der Waals surface area (Å²) in [5, 5.41) is 22.5. The molecule has 2 aromatic carbocycles. The number of ether oxygens (including phenoxy) is 1. The molecular formula is C35H46O5. The Balaban J connectivity index is 2.38. The van der Waals surface area contributed by atoms with Crippen molar-refractivity contribution in [2.24, 2.45) is 0 Å². The van der Waals surface area contributed by atoms with Crippen LogP contribution in [0.5, 0.6) is 11.5 Å². The predicted octanol–water partition coefficient (Wildman–Crippen LogP) is 7.88. The number of methoxy groups -OCH3 is 1. The molecule has 0 saturated carbocycles. The molecule has 5 heteroatoms. The molecule has 0 aromatic heterocycles. The van der Waals surface area contributed by atoms with Crippen LogP contribution in [0.4, 0.5) is 0 Å². The minimum absolute atomic E-state index is 0.0231. The van der Waals surface area contributed by atoms with E-state index in [0.29, 0.717) is 33.4 Å². The van der Waals surface area contributed by atoms with Gasteiger partial charge in [-0.05, 0) is 57.1 Å². The summed E-state index contributed by atoms with van der Waals surface area (Å²) in [7, 11) is 1.39.